The molecule has 0 radical (unpaired) electrons. The first-order chi connectivity index (χ1) is 13.3. The molecule has 0 amide bonds. The van der Waals surface area contributed by atoms with E-state index < -0.39 is 0 Å². The first-order valence-electron chi connectivity index (χ1n) is 9.91. The smallest absolute Gasteiger partial charge is 0.119 e. The van der Waals surface area contributed by atoms with Gasteiger partial charge in [-0.15, -0.1) is 0 Å². The Hall–Kier alpha value is -2.35. The second kappa shape index (κ2) is 10.1. The van der Waals surface area contributed by atoms with Crippen molar-refractivity contribution in [1.82, 2.24) is 9.80 Å². The van der Waals surface area contributed by atoms with Crippen molar-refractivity contribution in [3.8, 4) is 11.8 Å². The summed E-state index contributed by atoms with van der Waals surface area (Å²) in [5.41, 5.74) is 2.06. The van der Waals surface area contributed by atoms with Crippen molar-refractivity contribution in [3.63, 3.8) is 0 Å². The van der Waals surface area contributed by atoms with Gasteiger partial charge in [0.2, 0.25) is 0 Å². The summed E-state index contributed by atoms with van der Waals surface area (Å²) in [6.45, 7) is 8.31. The zero-order valence-corrected chi connectivity index (χ0v) is 16.2. The van der Waals surface area contributed by atoms with Crippen molar-refractivity contribution >= 4 is 0 Å². The van der Waals surface area contributed by atoms with Crippen LogP contribution in [0.15, 0.2) is 54.6 Å². The molecule has 0 aliphatic carbocycles. The van der Waals surface area contributed by atoms with Crippen LogP contribution in [0.25, 0.3) is 0 Å². The van der Waals surface area contributed by atoms with Crippen molar-refractivity contribution in [2.45, 2.75) is 32.4 Å². The Labute approximate surface area is 163 Å². The van der Waals surface area contributed by atoms with Gasteiger partial charge >= 0.3 is 0 Å². The van der Waals surface area contributed by atoms with E-state index in [4.69, 9.17) is 10.00 Å². The molecular formula is C23H29N3O. The Kier molecular flexibility index (Phi) is 7.27. The third kappa shape index (κ3) is 5.82. The Balaban J connectivity index is 1.47. The van der Waals surface area contributed by atoms with Gasteiger partial charge in [0.05, 0.1) is 11.6 Å². The molecule has 4 heteroatoms. The van der Waals surface area contributed by atoms with Gasteiger partial charge in [-0.2, -0.15) is 5.26 Å². The molecule has 1 fully saturated rings. The van der Waals surface area contributed by atoms with Crippen LogP contribution in [0.4, 0.5) is 0 Å². The van der Waals surface area contributed by atoms with E-state index in [1.54, 1.807) is 12.1 Å². The molecule has 2 aromatic carbocycles. The zero-order chi connectivity index (χ0) is 18.9. The van der Waals surface area contributed by atoms with Crippen molar-refractivity contribution < 1.29 is 4.74 Å². The fourth-order valence-corrected chi connectivity index (χ4v) is 3.77. The molecule has 1 aliphatic rings. The number of ether oxygens (including phenoxy) is 1. The second-order valence-electron chi connectivity index (χ2n) is 7.18. The SMILES string of the molecule is CCCN(CCOc1ccc(C#N)cc1)C1CCN(Cc2ccccc2)C1. The van der Waals surface area contributed by atoms with E-state index in [0.717, 1.165) is 44.9 Å². The van der Waals surface area contributed by atoms with E-state index in [1.165, 1.54) is 12.0 Å². The minimum absolute atomic E-state index is 0.609. The molecular weight excluding hydrogens is 334 g/mol. The highest BCUT2D eigenvalue weighted by Gasteiger charge is 2.27. The van der Waals surface area contributed by atoms with Crippen molar-refractivity contribution in [3.05, 3.63) is 65.7 Å². The third-order valence-electron chi connectivity index (χ3n) is 5.15. The van der Waals surface area contributed by atoms with Gasteiger partial charge in [-0.1, -0.05) is 37.3 Å². The molecule has 1 unspecified atom stereocenters. The summed E-state index contributed by atoms with van der Waals surface area (Å²) < 4.78 is 5.90. The molecule has 0 saturated carbocycles. The summed E-state index contributed by atoms with van der Waals surface area (Å²) in [6.07, 6.45) is 2.38. The lowest BCUT2D eigenvalue weighted by Crippen LogP contribution is -2.40. The summed E-state index contributed by atoms with van der Waals surface area (Å²) in [4.78, 5) is 5.14. The molecule has 0 aromatic heterocycles. The monoisotopic (exact) mass is 363 g/mol. The van der Waals surface area contributed by atoms with Crippen LogP contribution in [0.1, 0.15) is 30.9 Å². The van der Waals surface area contributed by atoms with Crippen LogP contribution in [-0.4, -0.2) is 48.6 Å². The maximum absolute atomic E-state index is 8.87. The Morgan fingerprint density at radius 1 is 1.11 bits per heavy atom. The van der Waals surface area contributed by atoms with Gasteiger partial charge in [0.1, 0.15) is 12.4 Å². The quantitative estimate of drug-likeness (QED) is 0.677. The summed E-state index contributed by atoms with van der Waals surface area (Å²) in [6, 6.07) is 20.8. The number of likely N-dealkylation sites (tertiary alicyclic amines) is 1. The minimum Gasteiger partial charge on any atom is -0.492 e. The summed E-state index contributed by atoms with van der Waals surface area (Å²) >= 11 is 0. The molecule has 0 bridgehead atoms. The van der Waals surface area contributed by atoms with E-state index >= 15 is 0 Å². The van der Waals surface area contributed by atoms with E-state index in [-0.39, 0.29) is 0 Å². The van der Waals surface area contributed by atoms with E-state index in [0.29, 0.717) is 18.2 Å². The molecule has 0 spiro atoms. The maximum Gasteiger partial charge on any atom is 0.119 e. The van der Waals surface area contributed by atoms with Gasteiger partial charge in [-0.05, 0) is 49.2 Å². The second-order valence-corrected chi connectivity index (χ2v) is 7.18. The van der Waals surface area contributed by atoms with Gasteiger partial charge in [-0.3, -0.25) is 9.80 Å². The molecule has 27 heavy (non-hydrogen) atoms. The molecule has 2 aromatic rings. The average Bonchev–Trinajstić information content (AvgIpc) is 3.17. The number of rotatable bonds is 9. The molecule has 1 aliphatic heterocycles. The fraction of sp³-hybridized carbons (Fsp3) is 0.435. The molecule has 1 atom stereocenters. The first-order valence-corrected chi connectivity index (χ1v) is 9.91. The zero-order valence-electron chi connectivity index (χ0n) is 16.2. The van der Waals surface area contributed by atoms with Crippen LogP contribution in [-0.2, 0) is 6.54 Å². The summed E-state index contributed by atoms with van der Waals surface area (Å²) in [5.74, 6) is 0.836. The van der Waals surface area contributed by atoms with E-state index in [9.17, 15) is 0 Å². The normalized spacial score (nSPS) is 17.1. The van der Waals surface area contributed by atoms with E-state index in [1.807, 2.05) is 12.1 Å². The predicted molar refractivity (Wildman–Crippen MR) is 109 cm³/mol. The average molecular weight is 364 g/mol. The largest absolute Gasteiger partial charge is 0.492 e. The van der Waals surface area contributed by atoms with Gasteiger partial charge in [0, 0.05) is 32.2 Å². The Morgan fingerprint density at radius 3 is 2.59 bits per heavy atom. The highest BCUT2D eigenvalue weighted by Crippen LogP contribution is 2.19. The lowest BCUT2D eigenvalue weighted by atomic mass is 10.2. The first kappa shape index (κ1) is 19.4. The van der Waals surface area contributed by atoms with Crippen LogP contribution >= 0.6 is 0 Å². The lowest BCUT2D eigenvalue weighted by Gasteiger charge is -2.28. The molecule has 1 saturated heterocycles. The van der Waals surface area contributed by atoms with Crippen LogP contribution in [0.5, 0.6) is 5.75 Å². The maximum atomic E-state index is 8.87. The van der Waals surface area contributed by atoms with Crippen molar-refractivity contribution in [1.29, 1.82) is 5.26 Å². The Morgan fingerprint density at radius 2 is 1.89 bits per heavy atom. The minimum atomic E-state index is 0.609. The topological polar surface area (TPSA) is 39.5 Å². The number of benzene rings is 2. The fourth-order valence-electron chi connectivity index (χ4n) is 3.77. The standard InChI is InChI=1S/C23H29N3O/c1-2-13-26(15-16-27-23-10-8-20(17-24)9-11-23)22-12-14-25(19-22)18-21-6-4-3-5-7-21/h3-11,22H,2,12-16,18-19H2,1H3. The van der Waals surface area contributed by atoms with E-state index in [2.05, 4.69) is 53.1 Å². The highest BCUT2D eigenvalue weighted by atomic mass is 16.5. The molecule has 3 rings (SSSR count). The number of hydrogen-bond acceptors (Lipinski definition) is 4. The predicted octanol–water partition coefficient (Wildman–Crippen LogP) is 3.92. The third-order valence-corrected chi connectivity index (χ3v) is 5.15. The van der Waals surface area contributed by atoms with Crippen LogP contribution in [0.3, 0.4) is 0 Å². The molecule has 1 heterocycles. The summed E-state index contributed by atoms with van der Waals surface area (Å²) in [5, 5.41) is 8.87. The van der Waals surface area contributed by atoms with Crippen molar-refractivity contribution in [2.75, 3.05) is 32.8 Å². The van der Waals surface area contributed by atoms with Crippen LogP contribution in [0.2, 0.25) is 0 Å². The Bertz CT molecular complexity index is 724. The van der Waals surface area contributed by atoms with Gasteiger partial charge in [0.15, 0.2) is 0 Å². The summed E-state index contributed by atoms with van der Waals surface area (Å²) in [7, 11) is 0. The van der Waals surface area contributed by atoms with Crippen LogP contribution < -0.4 is 4.74 Å². The van der Waals surface area contributed by atoms with Gasteiger partial charge in [-0.25, -0.2) is 0 Å². The van der Waals surface area contributed by atoms with Gasteiger partial charge in [0.25, 0.3) is 0 Å². The molecule has 0 N–H and O–H groups in total. The molecule has 4 nitrogen and oxygen atoms in total. The van der Waals surface area contributed by atoms with Gasteiger partial charge < -0.3 is 4.74 Å². The number of nitriles is 1. The van der Waals surface area contributed by atoms with Crippen LogP contribution in [0, 0.1) is 11.3 Å². The highest BCUT2D eigenvalue weighted by molar-refractivity contribution is 5.34. The van der Waals surface area contributed by atoms with Crippen molar-refractivity contribution in [2.24, 2.45) is 0 Å². The lowest BCUT2D eigenvalue weighted by molar-refractivity contribution is 0.157. The number of nitrogens with zero attached hydrogens (tertiary/aromatic N) is 3. The number of hydrogen-bond donors (Lipinski definition) is 0. The molecule has 142 valence electrons.